The highest BCUT2D eigenvalue weighted by Crippen LogP contribution is 2.32. The third-order valence-corrected chi connectivity index (χ3v) is 5.19. The van der Waals surface area contributed by atoms with E-state index in [1.807, 2.05) is 0 Å². The second-order valence-electron chi connectivity index (χ2n) is 6.73. The molecule has 1 saturated heterocycles. The summed E-state index contributed by atoms with van der Waals surface area (Å²) in [5.41, 5.74) is 0. The minimum absolute atomic E-state index is 0.0836. The Morgan fingerprint density at radius 3 is 2.67 bits per heavy atom. The smallest absolute Gasteiger partial charge is 0.237 e. The Morgan fingerprint density at radius 2 is 1.89 bits per heavy atom. The lowest BCUT2D eigenvalue weighted by Crippen LogP contribution is -2.57. The molecule has 3 rings (SSSR count). The van der Waals surface area contributed by atoms with Crippen molar-refractivity contribution in [2.24, 2.45) is 11.8 Å². The Bertz CT molecular complexity index is 312. The maximum atomic E-state index is 12.2. The minimum Gasteiger partial charge on any atom is -0.352 e. The number of piperidine rings is 1. The number of carbonyl (C=O) groups excluding carboxylic acids is 1. The Hall–Kier alpha value is -0.570. The number of nitrogens with one attached hydrogen (secondary N) is 2. The number of carbonyl (C=O) groups is 1. The Labute approximate surface area is 110 Å². The van der Waals surface area contributed by atoms with Crippen molar-refractivity contribution in [2.75, 3.05) is 0 Å². The van der Waals surface area contributed by atoms with Crippen LogP contribution in [0, 0.1) is 11.8 Å². The highest BCUT2D eigenvalue weighted by molar-refractivity contribution is 5.82. The van der Waals surface area contributed by atoms with E-state index in [4.69, 9.17) is 0 Å². The summed E-state index contributed by atoms with van der Waals surface area (Å²) in [5, 5.41) is 6.82. The average molecular weight is 250 g/mol. The Morgan fingerprint density at radius 1 is 1.11 bits per heavy atom. The fourth-order valence-corrected chi connectivity index (χ4v) is 4.02. The molecule has 102 valence electrons. The molecule has 0 radical (unpaired) electrons. The van der Waals surface area contributed by atoms with Gasteiger partial charge >= 0.3 is 0 Å². The second-order valence-corrected chi connectivity index (χ2v) is 6.73. The Balaban J connectivity index is 1.49. The summed E-state index contributed by atoms with van der Waals surface area (Å²) >= 11 is 0. The molecule has 2 aliphatic carbocycles. The molecule has 18 heavy (non-hydrogen) atoms. The van der Waals surface area contributed by atoms with Crippen LogP contribution >= 0.6 is 0 Å². The molecule has 3 aliphatic rings. The van der Waals surface area contributed by atoms with Crippen LogP contribution in [0.15, 0.2) is 0 Å². The van der Waals surface area contributed by atoms with Crippen LogP contribution in [0.1, 0.15) is 58.3 Å². The first kappa shape index (κ1) is 12.5. The van der Waals surface area contributed by atoms with Gasteiger partial charge in [-0.25, -0.2) is 0 Å². The topological polar surface area (TPSA) is 41.1 Å². The van der Waals surface area contributed by atoms with Crippen molar-refractivity contribution in [3.63, 3.8) is 0 Å². The maximum absolute atomic E-state index is 12.2. The number of hydrogen-bond donors (Lipinski definition) is 2. The van der Waals surface area contributed by atoms with Gasteiger partial charge in [0.15, 0.2) is 0 Å². The molecule has 3 atom stereocenters. The lowest BCUT2D eigenvalue weighted by Gasteiger charge is -2.41. The average Bonchev–Trinajstić information content (AvgIpc) is 2.36. The van der Waals surface area contributed by atoms with Gasteiger partial charge in [0.25, 0.3) is 0 Å². The summed E-state index contributed by atoms with van der Waals surface area (Å²) in [6.45, 7) is 2.26. The molecule has 1 aliphatic heterocycles. The number of hydrogen-bond acceptors (Lipinski definition) is 2. The number of amides is 1. The molecule has 3 fully saturated rings. The molecule has 1 amide bonds. The molecule has 1 heterocycles. The molecule has 0 bridgehead atoms. The first-order chi connectivity index (χ1) is 8.72. The molecule has 0 aromatic rings. The highest BCUT2D eigenvalue weighted by atomic mass is 16.2. The van der Waals surface area contributed by atoms with E-state index in [1.165, 1.54) is 44.9 Å². The summed E-state index contributed by atoms with van der Waals surface area (Å²) in [4.78, 5) is 12.2. The zero-order valence-corrected chi connectivity index (χ0v) is 11.5. The molecule has 0 aromatic carbocycles. The van der Waals surface area contributed by atoms with Gasteiger partial charge in [-0.1, -0.05) is 19.8 Å². The molecule has 3 nitrogen and oxygen atoms in total. The van der Waals surface area contributed by atoms with Crippen molar-refractivity contribution in [2.45, 2.75) is 76.4 Å². The summed E-state index contributed by atoms with van der Waals surface area (Å²) in [6, 6.07) is 1.15. The maximum Gasteiger partial charge on any atom is 0.237 e. The SMILES string of the molecule is CC1CC(NC(=O)C2CCC3CCCCC3N2)C1. The molecular weight excluding hydrogens is 224 g/mol. The van der Waals surface area contributed by atoms with E-state index in [1.54, 1.807) is 0 Å². The van der Waals surface area contributed by atoms with Gasteiger partial charge in [-0.15, -0.1) is 0 Å². The standard InChI is InChI=1S/C15H26N2O/c1-10-8-12(9-10)16-15(18)14-7-6-11-4-2-3-5-13(11)17-14/h10-14,17H,2-9H2,1H3,(H,16,18). The van der Waals surface area contributed by atoms with Crippen LogP contribution in [0.25, 0.3) is 0 Å². The van der Waals surface area contributed by atoms with Gasteiger partial charge in [0.1, 0.15) is 0 Å². The minimum atomic E-state index is 0.0836. The predicted molar refractivity (Wildman–Crippen MR) is 72.2 cm³/mol. The van der Waals surface area contributed by atoms with E-state index in [9.17, 15) is 4.79 Å². The van der Waals surface area contributed by atoms with E-state index >= 15 is 0 Å². The summed E-state index contributed by atoms with van der Waals surface area (Å²) < 4.78 is 0. The summed E-state index contributed by atoms with van der Waals surface area (Å²) in [7, 11) is 0. The molecule has 2 N–H and O–H groups in total. The molecule has 3 heteroatoms. The van der Waals surface area contributed by atoms with Gasteiger partial charge in [0.2, 0.25) is 5.91 Å². The molecule has 2 saturated carbocycles. The Kier molecular flexibility index (Phi) is 3.60. The van der Waals surface area contributed by atoms with Gasteiger partial charge in [0, 0.05) is 12.1 Å². The van der Waals surface area contributed by atoms with Crippen LogP contribution < -0.4 is 10.6 Å². The van der Waals surface area contributed by atoms with Crippen LogP contribution in [0.2, 0.25) is 0 Å². The van der Waals surface area contributed by atoms with Crippen molar-refractivity contribution in [1.29, 1.82) is 0 Å². The van der Waals surface area contributed by atoms with E-state index in [2.05, 4.69) is 17.6 Å². The van der Waals surface area contributed by atoms with Gasteiger partial charge in [-0.2, -0.15) is 0 Å². The zero-order chi connectivity index (χ0) is 12.5. The van der Waals surface area contributed by atoms with Crippen molar-refractivity contribution in [3.05, 3.63) is 0 Å². The third kappa shape index (κ3) is 2.56. The van der Waals surface area contributed by atoms with E-state index in [0.717, 1.165) is 18.3 Å². The van der Waals surface area contributed by atoms with Gasteiger partial charge < -0.3 is 10.6 Å². The molecule has 0 spiro atoms. The lowest BCUT2D eigenvalue weighted by atomic mass is 9.77. The monoisotopic (exact) mass is 250 g/mol. The quantitative estimate of drug-likeness (QED) is 0.789. The molecule has 3 unspecified atom stereocenters. The van der Waals surface area contributed by atoms with Crippen LogP contribution in [0.3, 0.4) is 0 Å². The van der Waals surface area contributed by atoms with Crippen LogP contribution in [-0.2, 0) is 4.79 Å². The van der Waals surface area contributed by atoms with Crippen LogP contribution in [0.4, 0.5) is 0 Å². The van der Waals surface area contributed by atoms with Crippen LogP contribution in [-0.4, -0.2) is 24.0 Å². The van der Waals surface area contributed by atoms with Crippen molar-refractivity contribution in [1.82, 2.24) is 10.6 Å². The van der Waals surface area contributed by atoms with Gasteiger partial charge in [-0.05, 0) is 50.4 Å². The summed E-state index contributed by atoms with van der Waals surface area (Å²) in [6.07, 6.45) is 9.99. The largest absolute Gasteiger partial charge is 0.352 e. The first-order valence-corrected chi connectivity index (χ1v) is 7.79. The third-order valence-electron chi connectivity index (χ3n) is 5.19. The van der Waals surface area contributed by atoms with Crippen LogP contribution in [0.5, 0.6) is 0 Å². The van der Waals surface area contributed by atoms with Crippen molar-refractivity contribution < 1.29 is 4.79 Å². The molecule has 0 aromatic heterocycles. The van der Waals surface area contributed by atoms with E-state index < -0.39 is 0 Å². The lowest BCUT2D eigenvalue weighted by molar-refractivity contribution is -0.126. The van der Waals surface area contributed by atoms with E-state index in [-0.39, 0.29) is 11.9 Å². The first-order valence-electron chi connectivity index (χ1n) is 7.79. The van der Waals surface area contributed by atoms with Gasteiger partial charge in [0.05, 0.1) is 6.04 Å². The fraction of sp³-hybridized carbons (Fsp3) is 0.933. The fourth-order valence-electron chi connectivity index (χ4n) is 4.02. The number of rotatable bonds is 2. The number of fused-ring (bicyclic) bond motifs is 1. The van der Waals surface area contributed by atoms with Crippen molar-refractivity contribution >= 4 is 5.91 Å². The van der Waals surface area contributed by atoms with Gasteiger partial charge in [-0.3, -0.25) is 4.79 Å². The molecular formula is C15H26N2O. The van der Waals surface area contributed by atoms with Crippen molar-refractivity contribution in [3.8, 4) is 0 Å². The highest BCUT2D eigenvalue weighted by Gasteiger charge is 2.36. The zero-order valence-electron chi connectivity index (χ0n) is 11.5. The summed E-state index contributed by atoms with van der Waals surface area (Å²) in [5.74, 6) is 1.90. The second kappa shape index (κ2) is 5.20. The normalized spacial score (nSPS) is 43.7. The predicted octanol–water partition coefficient (Wildman–Crippen LogP) is 2.21. The van der Waals surface area contributed by atoms with E-state index in [0.29, 0.717) is 12.1 Å².